The highest BCUT2D eigenvalue weighted by atomic mass is 35.5. The number of ether oxygens (including phenoxy) is 1. The van der Waals surface area contributed by atoms with Crippen LogP contribution in [-0.4, -0.2) is 47.1 Å². The molecule has 0 saturated carbocycles. The molecular weight excluding hydrogens is 423 g/mol. The fourth-order valence-electron chi connectivity index (χ4n) is 3.54. The Kier molecular flexibility index (Phi) is 7.38. The van der Waals surface area contributed by atoms with Gasteiger partial charge in [0.1, 0.15) is 29.5 Å². The van der Waals surface area contributed by atoms with Crippen LogP contribution in [-0.2, 0) is 4.79 Å². The van der Waals surface area contributed by atoms with Crippen LogP contribution in [0.5, 0.6) is 11.5 Å². The molecule has 0 unspecified atom stereocenters. The summed E-state index contributed by atoms with van der Waals surface area (Å²) in [4.78, 5) is 27.4. The van der Waals surface area contributed by atoms with E-state index in [0.717, 1.165) is 0 Å². The molecule has 0 aromatic heterocycles. The molecule has 1 heterocycles. The van der Waals surface area contributed by atoms with Crippen molar-refractivity contribution in [1.82, 2.24) is 10.2 Å². The van der Waals surface area contributed by atoms with E-state index in [1.807, 2.05) is 13.8 Å². The van der Waals surface area contributed by atoms with Crippen LogP contribution >= 0.6 is 11.6 Å². The van der Waals surface area contributed by atoms with Crippen LogP contribution in [0.4, 0.5) is 4.39 Å². The number of hydrogen-bond acceptors (Lipinski definition) is 4. The van der Waals surface area contributed by atoms with Crippen LogP contribution in [0.25, 0.3) is 0 Å². The summed E-state index contributed by atoms with van der Waals surface area (Å²) in [6.07, 6.45) is 1.05. The van der Waals surface area contributed by atoms with Gasteiger partial charge in [-0.25, -0.2) is 4.39 Å². The SMILES string of the molecule is CC(C)[C@H](NC(=O)c1ccccc1O)C(=O)N1CCC(Oc2ccc(F)cc2Cl)CC1. The zero-order valence-corrected chi connectivity index (χ0v) is 18.2. The average molecular weight is 449 g/mol. The first-order chi connectivity index (χ1) is 14.8. The second-order valence-corrected chi connectivity index (χ2v) is 8.34. The Bertz CT molecular complexity index is 945. The van der Waals surface area contributed by atoms with E-state index in [0.29, 0.717) is 31.7 Å². The second-order valence-electron chi connectivity index (χ2n) is 7.93. The molecule has 1 atom stereocenters. The van der Waals surface area contributed by atoms with Gasteiger partial charge < -0.3 is 20.1 Å². The molecule has 1 aliphatic heterocycles. The summed E-state index contributed by atoms with van der Waals surface area (Å²) in [6, 6.07) is 9.50. The third-order valence-electron chi connectivity index (χ3n) is 5.31. The number of hydrogen-bond donors (Lipinski definition) is 2. The number of para-hydroxylation sites is 1. The number of benzene rings is 2. The van der Waals surface area contributed by atoms with Crippen molar-refractivity contribution in [2.75, 3.05) is 13.1 Å². The van der Waals surface area contributed by atoms with Gasteiger partial charge in [-0.05, 0) is 36.2 Å². The van der Waals surface area contributed by atoms with Crippen LogP contribution in [0.2, 0.25) is 5.02 Å². The highest BCUT2D eigenvalue weighted by molar-refractivity contribution is 6.32. The lowest BCUT2D eigenvalue weighted by Gasteiger charge is -2.35. The zero-order chi connectivity index (χ0) is 22.5. The quantitative estimate of drug-likeness (QED) is 0.699. The van der Waals surface area contributed by atoms with Gasteiger partial charge in [0.05, 0.1) is 10.6 Å². The summed E-state index contributed by atoms with van der Waals surface area (Å²) in [5.41, 5.74) is 0.129. The normalized spacial score (nSPS) is 15.6. The molecule has 0 aliphatic carbocycles. The molecule has 166 valence electrons. The standard InChI is InChI=1S/C23H26ClFN2O4/c1-14(2)21(26-22(29)17-5-3-4-6-19(17)28)23(30)27-11-9-16(10-12-27)31-20-8-7-15(25)13-18(20)24/h3-8,13-14,16,21,28H,9-12H2,1-2H3,(H,26,29)/t21-/m0/s1. The zero-order valence-electron chi connectivity index (χ0n) is 17.5. The molecule has 1 fully saturated rings. The van der Waals surface area contributed by atoms with Crippen molar-refractivity contribution >= 4 is 23.4 Å². The van der Waals surface area contributed by atoms with Crippen LogP contribution < -0.4 is 10.1 Å². The number of carbonyl (C=O) groups excluding carboxylic acids is 2. The molecule has 2 aromatic rings. The van der Waals surface area contributed by atoms with Crippen molar-refractivity contribution in [1.29, 1.82) is 0 Å². The molecule has 6 nitrogen and oxygen atoms in total. The van der Waals surface area contributed by atoms with Crippen LogP contribution in [0.3, 0.4) is 0 Å². The number of likely N-dealkylation sites (tertiary alicyclic amines) is 1. The number of halogens is 2. The Balaban J connectivity index is 1.59. The van der Waals surface area contributed by atoms with E-state index >= 15 is 0 Å². The lowest BCUT2D eigenvalue weighted by atomic mass is 9.99. The summed E-state index contributed by atoms with van der Waals surface area (Å²) >= 11 is 6.03. The molecule has 0 bridgehead atoms. The number of carbonyl (C=O) groups is 2. The number of nitrogens with one attached hydrogen (secondary N) is 1. The summed E-state index contributed by atoms with van der Waals surface area (Å²) in [6.45, 7) is 4.66. The van der Waals surface area contributed by atoms with Crippen molar-refractivity contribution in [2.45, 2.75) is 38.8 Å². The van der Waals surface area contributed by atoms with Crippen molar-refractivity contribution < 1.29 is 23.8 Å². The monoisotopic (exact) mass is 448 g/mol. The smallest absolute Gasteiger partial charge is 0.255 e. The van der Waals surface area contributed by atoms with Gasteiger partial charge >= 0.3 is 0 Å². The first-order valence-electron chi connectivity index (χ1n) is 10.3. The van der Waals surface area contributed by atoms with Crippen LogP contribution in [0.1, 0.15) is 37.0 Å². The van der Waals surface area contributed by atoms with Crippen molar-refractivity contribution in [3.63, 3.8) is 0 Å². The molecule has 31 heavy (non-hydrogen) atoms. The number of nitrogens with zero attached hydrogens (tertiary/aromatic N) is 1. The Hall–Kier alpha value is -2.80. The fourth-order valence-corrected chi connectivity index (χ4v) is 3.75. The van der Waals surface area contributed by atoms with Gasteiger partial charge in [0, 0.05) is 25.9 Å². The third kappa shape index (κ3) is 5.67. The molecule has 8 heteroatoms. The van der Waals surface area contributed by atoms with E-state index < -0.39 is 17.8 Å². The van der Waals surface area contributed by atoms with Gasteiger partial charge in [-0.1, -0.05) is 37.6 Å². The van der Waals surface area contributed by atoms with E-state index in [2.05, 4.69) is 5.32 Å². The van der Waals surface area contributed by atoms with Gasteiger partial charge in [0.25, 0.3) is 5.91 Å². The molecular formula is C23H26ClFN2O4. The Labute approximate surface area is 186 Å². The maximum Gasteiger partial charge on any atom is 0.255 e. The first-order valence-corrected chi connectivity index (χ1v) is 10.6. The number of aromatic hydroxyl groups is 1. The van der Waals surface area contributed by atoms with Gasteiger partial charge in [-0.2, -0.15) is 0 Å². The summed E-state index contributed by atoms with van der Waals surface area (Å²) in [5, 5.41) is 12.9. The average Bonchev–Trinajstić information content (AvgIpc) is 2.74. The molecule has 3 rings (SSSR count). The minimum atomic E-state index is -0.712. The van der Waals surface area contributed by atoms with E-state index in [1.165, 1.54) is 30.3 Å². The van der Waals surface area contributed by atoms with E-state index in [1.54, 1.807) is 17.0 Å². The van der Waals surface area contributed by atoms with Crippen molar-refractivity contribution in [3.05, 3.63) is 58.9 Å². The summed E-state index contributed by atoms with van der Waals surface area (Å²) < 4.78 is 19.1. The third-order valence-corrected chi connectivity index (χ3v) is 5.60. The minimum absolute atomic E-state index is 0.129. The molecule has 2 amide bonds. The van der Waals surface area contributed by atoms with Gasteiger partial charge in [-0.3, -0.25) is 9.59 Å². The van der Waals surface area contributed by atoms with Crippen LogP contribution in [0.15, 0.2) is 42.5 Å². The number of phenols is 1. The Morgan fingerprint density at radius 1 is 1.19 bits per heavy atom. The topological polar surface area (TPSA) is 78.9 Å². The number of amides is 2. The second kappa shape index (κ2) is 10.0. The number of piperidine rings is 1. The predicted molar refractivity (Wildman–Crippen MR) is 116 cm³/mol. The van der Waals surface area contributed by atoms with Gasteiger partial charge in [0.2, 0.25) is 5.91 Å². The minimum Gasteiger partial charge on any atom is -0.507 e. The maximum atomic E-state index is 13.2. The summed E-state index contributed by atoms with van der Waals surface area (Å²) in [7, 11) is 0. The van der Waals surface area contributed by atoms with Gasteiger partial charge in [0.15, 0.2) is 0 Å². The lowest BCUT2D eigenvalue weighted by molar-refractivity contribution is -0.136. The van der Waals surface area contributed by atoms with Crippen molar-refractivity contribution in [3.8, 4) is 11.5 Å². The summed E-state index contributed by atoms with van der Waals surface area (Å²) in [5.74, 6) is -0.931. The molecule has 1 saturated heterocycles. The first kappa shape index (κ1) is 22.9. The maximum absolute atomic E-state index is 13.2. The van der Waals surface area contributed by atoms with Crippen molar-refractivity contribution in [2.24, 2.45) is 5.92 Å². The lowest BCUT2D eigenvalue weighted by Crippen LogP contribution is -2.53. The number of phenolic OH excluding ortho intramolecular Hbond substituents is 1. The molecule has 2 N–H and O–H groups in total. The number of rotatable bonds is 6. The fraction of sp³-hybridized carbons (Fsp3) is 0.391. The van der Waals surface area contributed by atoms with Gasteiger partial charge in [-0.15, -0.1) is 0 Å². The van der Waals surface area contributed by atoms with E-state index in [-0.39, 0.29) is 34.3 Å². The largest absolute Gasteiger partial charge is 0.507 e. The van der Waals surface area contributed by atoms with E-state index in [4.69, 9.17) is 16.3 Å². The Morgan fingerprint density at radius 2 is 1.87 bits per heavy atom. The predicted octanol–water partition coefficient (Wildman–Crippen LogP) is 4.01. The Morgan fingerprint density at radius 3 is 2.48 bits per heavy atom. The highest BCUT2D eigenvalue weighted by Crippen LogP contribution is 2.28. The molecule has 0 spiro atoms. The van der Waals surface area contributed by atoms with Crippen LogP contribution in [0, 0.1) is 11.7 Å². The van der Waals surface area contributed by atoms with E-state index in [9.17, 15) is 19.1 Å². The molecule has 0 radical (unpaired) electrons. The molecule has 1 aliphatic rings. The highest BCUT2D eigenvalue weighted by Gasteiger charge is 2.32. The molecule has 2 aromatic carbocycles.